The molecule has 12 heavy (non-hydrogen) atoms. The van der Waals surface area contributed by atoms with Crippen LogP contribution in [0.3, 0.4) is 0 Å². The first-order chi connectivity index (χ1) is 5.58. The average molecular weight is 175 g/mol. The molecule has 2 N–H and O–H groups in total. The van der Waals surface area contributed by atoms with Crippen molar-refractivity contribution >= 4 is 0 Å². The van der Waals surface area contributed by atoms with Gasteiger partial charge < -0.3 is 15.2 Å². The van der Waals surface area contributed by atoms with Crippen LogP contribution in [0.5, 0.6) is 0 Å². The molecule has 0 aromatic carbocycles. The molecule has 2 unspecified atom stereocenters. The van der Waals surface area contributed by atoms with Gasteiger partial charge in [-0.3, -0.25) is 0 Å². The molecule has 0 aromatic rings. The van der Waals surface area contributed by atoms with E-state index in [1.54, 1.807) is 7.11 Å². The van der Waals surface area contributed by atoms with Gasteiger partial charge >= 0.3 is 0 Å². The Labute approximate surface area is 75.2 Å². The standard InChI is InChI=1S/C9H21NO2/c1-5-9(3,7-10)12-6-8(2)11-4/h8H,5-7,10H2,1-4H3. The van der Waals surface area contributed by atoms with E-state index in [1.165, 1.54) is 0 Å². The van der Waals surface area contributed by atoms with E-state index in [1.807, 2.05) is 13.8 Å². The van der Waals surface area contributed by atoms with Crippen LogP contribution in [0.2, 0.25) is 0 Å². The highest BCUT2D eigenvalue weighted by Crippen LogP contribution is 2.13. The molecule has 0 radical (unpaired) electrons. The number of methoxy groups -OCH3 is 1. The van der Waals surface area contributed by atoms with Gasteiger partial charge in [0.25, 0.3) is 0 Å². The lowest BCUT2D eigenvalue weighted by Crippen LogP contribution is -2.38. The lowest BCUT2D eigenvalue weighted by atomic mass is 10.0. The molecule has 0 aliphatic carbocycles. The van der Waals surface area contributed by atoms with E-state index in [9.17, 15) is 0 Å². The first kappa shape index (κ1) is 11.9. The highest BCUT2D eigenvalue weighted by atomic mass is 16.5. The summed E-state index contributed by atoms with van der Waals surface area (Å²) in [6.07, 6.45) is 1.07. The first-order valence-corrected chi connectivity index (χ1v) is 4.44. The molecule has 0 aliphatic rings. The molecular formula is C9H21NO2. The van der Waals surface area contributed by atoms with Crippen LogP contribution in [0.4, 0.5) is 0 Å². The summed E-state index contributed by atoms with van der Waals surface area (Å²) in [7, 11) is 1.68. The van der Waals surface area contributed by atoms with Gasteiger partial charge in [0, 0.05) is 13.7 Å². The van der Waals surface area contributed by atoms with Gasteiger partial charge in [0.1, 0.15) is 0 Å². The monoisotopic (exact) mass is 175 g/mol. The topological polar surface area (TPSA) is 44.5 Å². The molecule has 0 bridgehead atoms. The second-order valence-electron chi connectivity index (χ2n) is 3.36. The normalized spacial score (nSPS) is 18.8. The van der Waals surface area contributed by atoms with E-state index in [0.29, 0.717) is 13.2 Å². The molecule has 0 spiro atoms. The Morgan fingerprint density at radius 3 is 2.42 bits per heavy atom. The van der Waals surface area contributed by atoms with Crippen molar-refractivity contribution in [3.05, 3.63) is 0 Å². The third-order valence-corrected chi connectivity index (χ3v) is 2.25. The summed E-state index contributed by atoms with van der Waals surface area (Å²) in [6, 6.07) is 0. The van der Waals surface area contributed by atoms with Crippen LogP contribution >= 0.6 is 0 Å². The van der Waals surface area contributed by atoms with E-state index >= 15 is 0 Å². The zero-order valence-corrected chi connectivity index (χ0v) is 8.59. The fraction of sp³-hybridized carbons (Fsp3) is 1.00. The van der Waals surface area contributed by atoms with Gasteiger partial charge in [-0.15, -0.1) is 0 Å². The summed E-state index contributed by atoms with van der Waals surface area (Å²) in [5.74, 6) is 0. The Kier molecular flexibility index (Phi) is 5.46. The minimum atomic E-state index is -0.188. The molecule has 0 rings (SSSR count). The molecule has 0 fully saturated rings. The molecule has 0 heterocycles. The van der Waals surface area contributed by atoms with Crippen molar-refractivity contribution in [2.45, 2.75) is 38.9 Å². The van der Waals surface area contributed by atoms with Crippen LogP contribution < -0.4 is 5.73 Å². The van der Waals surface area contributed by atoms with Gasteiger partial charge in [-0.1, -0.05) is 6.92 Å². The quantitative estimate of drug-likeness (QED) is 0.659. The fourth-order valence-corrected chi connectivity index (χ4v) is 0.692. The largest absolute Gasteiger partial charge is 0.379 e. The van der Waals surface area contributed by atoms with Gasteiger partial charge in [0.2, 0.25) is 0 Å². The third kappa shape index (κ3) is 4.04. The molecule has 0 aliphatic heterocycles. The maximum absolute atomic E-state index is 5.63. The van der Waals surface area contributed by atoms with Crippen LogP contribution in [0.1, 0.15) is 27.2 Å². The van der Waals surface area contributed by atoms with Gasteiger partial charge in [-0.05, 0) is 20.3 Å². The Morgan fingerprint density at radius 2 is 2.08 bits per heavy atom. The van der Waals surface area contributed by atoms with E-state index in [4.69, 9.17) is 15.2 Å². The summed E-state index contributed by atoms with van der Waals surface area (Å²) in [5.41, 5.74) is 5.39. The van der Waals surface area contributed by atoms with E-state index < -0.39 is 0 Å². The van der Waals surface area contributed by atoms with Gasteiger partial charge in [0.15, 0.2) is 0 Å². The van der Waals surface area contributed by atoms with Crippen molar-refractivity contribution in [2.75, 3.05) is 20.3 Å². The van der Waals surface area contributed by atoms with Crippen LogP contribution in [0.15, 0.2) is 0 Å². The predicted molar refractivity (Wildman–Crippen MR) is 50.2 cm³/mol. The smallest absolute Gasteiger partial charge is 0.0776 e. The van der Waals surface area contributed by atoms with E-state index in [0.717, 1.165) is 6.42 Å². The molecule has 2 atom stereocenters. The van der Waals surface area contributed by atoms with Crippen molar-refractivity contribution in [1.82, 2.24) is 0 Å². The number of rotatable bonds is 6. The zero-order chi connectivity index (χ0) is 9.61. The molecule has 0 amide bonds. The van der Waals surface area contributed by atoms with Crippen LogP contribution in [-0.4, -0.2) is 32.0 Å². The summed E-state index contributed by atoms with van der Waals surface area (Å²) >= 11 is 0. The van der Waals surface area contributed by atoms with Gasteiger partial charge in [0.05, 0.1) is 18.3 Å². The Bertz CT molecular complexity index is 113. The number of hydrogen-bond acceptors (Lipinski definition) is 3. The minimum Gasteiger partial charge on any atom is -0.379 e. The Hall–Kier alpha value is -0.120. The Balaban J connectivity index is 3.72. The lowest BCUT2D eigenvalue weighted by Gasteiger charge is -2.28. The van der Waals surface area contributed by atoms with Crippen LogP contribution in [0, 0.1) is 0 Å². The molecule has 0 saturated carbocycles. The molecule has 74 valence electrons. The molecule has 0 aromatic heterocycles. The molecule has 0 saturated heterocycles. The van der Waals surface area contributed by atoms with Gasteiger partial charge in [-0.2, -0.15) is 0 Å². The second-order valence-corrected chi connectivity index (χ2v) is 3.36. The maximum Gasteiger partial charge on any atom is 0.0776 e. The number of nitrogens with two attached hydrogens (primary N) is 1. The summed E-state index contributed by atoms with van der Waals surface area (Å²) in [6.45, 7) is 7.24. The number of hydrogen-bond donors (Lipinski definition) is 1. The lowest BCUT2D eigenvalue weighted by molar-refractivity contribution is -0.0710. The van der Waals surface area contributed by atoms with Gasteiger partial charge in [-0.25, -0.2) is 0 Å². The molecule has 3 nitrogen and oxygen atoms in total. The SMILES string of the molecule is CCC(C)(CN)OCC(C)OC. The molecule has 3 heteroatoms. The summed E-state index contributed by atoms with van der Waals surface area (Å²) in [4.78, 5) is 0. The predicted octanol–water partition coefficient (Wildman–Crippen LogP) is 1.17. The van der Waals surface area contributed by atoms with Crippen molar-refractivity contribution in [3.8, 4) is 0 Å². The van der Waals surface area contributed by atoms with Crippen molar-refractivity contribution < 1.29 is 9.47 Å². The zero-order valence-electron chi connectivity index (χ0n) is 8.59. The van der Waals surface area contributed by atoms with E-state index in [2.05, 4.69) is 6.92 Å². The highest BCUT2D eigenvalue weighted by molar-refractivity contribution is 4.74. The van der Waals surface area contributed by atoms with Crippen molar-refractivity contribution in [2.24, 2.45) is 5.73 Å². The highest BCUT2D eigenvalue weighted by Gasteiger charge is 2.21. The number of ether oxygens (including phenoxy) is 2. The van der Waals surface area contributed by atoms with Crippen molar-refractivity contribution in [3.63, 3.8) is 0 Å². The van der Waals surface area contributed by atoms with Crippen LogP contribution in [-0.2, 0) is 9.47 Å². The third-order valence-electron chi connectivity index (χ3n) is 2.25. The second kappa shape index (κ2) is 5.51. The average Bonchev–Trinajstić information content (AvgIpc) is 2.13. The summed E-state index contributed by atoms with van der Waals surface area (Å²) < 4.78 is 10.7. The Morgan fingerprint density at radius 1 is 1.50 bits per heavy atom. The van der Waals surface area contributed by atoms with E-state index in [-0.39, 0.29) is 11.7 Å². The van der Waals surface area contributed by atoms with Crippen molar-refractivity contribution in [1.29, 1.82) is 0 Å². The van der Waals surface area contributed by atoms with Crippen LogP contribution in [0.25, 0.3) is 0 Å². The fourth-order valence-electron chi connectivity index (χ4n) is 0.692. The molecular weight excluding hydrogens is 154 g/mol. The minimum absolute atomic E-state index is 0.141. The summed E-state index contributed by atoms with van der Waals surface area (Å²) in [5, 5.41) is 0. The first-order valence-electron chi connectivity index (χ1n) is 4.44. The maximum atomic E-state index is 5.63.